The zero-order valence-electron chi connectivity index (χ0n) is 14.1. The first-order valence-corrected chi connectivity index (χ1v) is 8.60. The van der Waals surface area contributed by atoms with Crippen LogP contribution in [-0.4, -0.2) is 37.0 Å². The average molecular weight is 373 g/mol. The van der Waals surface area contributed by atoms with Gasteiger partial charge in [-0.3, -0.25) is 14.9 Å². The molecule has 11 heteroatoms. The van der Waals surface area contributed by atoms with Crippen LogP contribution >= 0.6 is 0 Å². The van der Waals surface area contributed by atoms with E-state index in [4.69, 9.17) is 4.74 Å². The van der Waals surface area contributed by atoms with Gasteiger partial charge in [0.1, 0.15) is 0 Å². The molecule has 0 saturated carbocycles. The van der Waals surface area contributed by atoms with Gasteiger partial charge >= 0.3 is 6.09 Å². The molecule has 0 aliphatic rings. The molecular formula is C14H19N3O7S. The highest BCUT2D eigenvalue weighted by Crippen LogP contribution is 2.15. The molecule has 2 N–H and O–H groups in total. The zero-order valence-corrected chi connectivity index (χ0v) is 14.9. The van der Waals surface area contributed by atoms with Gasteiger partial charge in [0.25, 0.3) is 21.6 Å². The predicted octanol–water partition coefficient (Wildman–Crippen LogP) is 1.31. The maximum Gasteiger partial charge on any atom is 0.408 e. The van der Waals surface area contributed by atoms with Gasteiger partial charge in [0.2, 0.25) is 0 Å². The summed E-state index contributed by atoms with van der Waals surface area (Å²) in [4.78, 5) is 33.0. The van der Waals surface area contributed by atoms with Crippen LogP contribution in [0.15, 0.2) is 29.2 Å². The minimum atomic E-state index is -4.25. The van der Waals surface area contributed by atoms with Crippen molar-refractivity contribution < 1.29 is 27.7 Å². The average Bonchev–Trinajstić information content (AvgIpc) is 2.44. The van der Waals surface area contributed by atoms with Gasteiger partial charge in [-0.15, -0.1) is 0 Å². The van der Waals surface area contributed by atoms with Crippen molar-refractivity contribution in [3.63, 3.8) is 0 Å². The minimum absolute atomic E-state index is 0.291. The number of nitrogens with one attached hydrogen (secondary N) is 2. The lowest BCUT2D eigenvalue weighted by Crippen LogP contribution is -2.45. The number of hydrogen-bond acceptors (Lipinski definition) is 7. The Hall–Kier alpha value is -2.69. The van der Waals surface area contributed by atoms with E-state index >= 15 is 0 Å². The van der Waals surface area contributed by atoms with E-state index in [-0.39, 0.29) is 10.6 Å². The summed E-state index contributed by atoms with van der Waals surface area (Å²) in [6.45, 7) is 6.33. The molecule has 0 aliphatic heterocycles. The molecule has 1 atom stereocenters. The summed E-state index contributed by atoms with van der Waals surface area (Å²) in [5, 5.41) is 13.0. The summed E-state index contributed by atoms with van der Waals surface area (Å²) in [6.07, 6.45) is -2.24. The van der Waals surface area contributed by atoms with E-state index in [1.807, 2.05) is 0 Å². The normalized spacial score (nSPS) is 12.8. The van der Waals surface area contributed by atoms with Gasteiger partial charge in [-0.25, -0.2) is 17.9 Å². The Balaban J connectivity index is 2.77. The number of rotatable bonds is 5. The standard InChI is InChI=1S/C14H19N3O7S/c1-9(24-13(19)15-14(2,3)4)12(18)16-25(22,23)11-7-5-10(6-8-11)17(20)21/h5-9H,1-4H3,(H,15,19)(H,16,18)/t9-/m1/s1. The Labute approximate surface area is 144 Å². The van der Waals surface area contributed by atoms with Crippen LogP contribution in [0.3, 0.4) is 0 Å². The number of carbonyl (C=O) groups excluding carboxylic acids is 2. The molecule has 0 saturated heterocycles. The van der Waals surface area contributed by atoms with Crippen molar-refractivity contribution in [2.45, 2.75) is 44.2 Å². The summed E-state index contributed by atoms with van der Waals surface area (Å²) in [7, 11) is -4.25. The molecule has 10 nitrogen and oxygen atoms in total. The number of benzene rings is 1. The Morgan fingerprint density at radius 2 is 1.72 bits per heavy atom. The molecule has 1 aromatic rings. The molecule has 0 bridgehead atoms. The number of amides is 2. The highest BCUT2D eigenvalue weighted by atomic mass is 32.2. The second-order valence-electron chi connectivity index (χ2n) is 6.14. The van der Waals surface area contributed by atoms with Crippen LogP contribution in [0.1, 0.15) is 27.7 Å². The fourth-order valence-electron chi connectivity index (χ4n) is 1.57. The Morgan fingerprint density at radius 1 is 1.20 bits per heavy atom. The first kappa shape index (κ1) is 20.4. The SMILES string of the molecule is C[C@@H](OC(=O)NC(C)(C)C)C(=O)NS(=O)(=O)c1ccc([N+](=O)[O-])cc1. The van der Waals surface area contributed by atoms with Crippen molar-refractivity contribution in [1.29, 1.82) is 0 Å². The van der Waals surface area contributed by atoms with Crippen molar-refractivity contribution in [2.24, 2.45) is 0 Å². The first-order valence-electron chi connectivity index (χ1n) is 7.12. The van der Waals surface area contributed by atoms with E-state index in [9.17, 15) is 28.1 Å². The second kappa shape index (κ2) is 7.47. The van der Waals surface area contributed by atoms with Crippen LogP contribution in [0.4, 0.5) is 10.5 Å². The minimum Gasteiger partial charge on any atom is -0.436 e. The molecule has 1 aromatic carbocycles. The van der Waals surface area contributed by atoms with Crippen LogP contribution in [0, 0.1) is 10.1 Å². The number of nitro groups is 1. The number of hydrogen-bond donors (Lipinski definition) is 2. The highest BCUT2D eigenvalue weighted by Gasteiger charge is 2.26. The van der Waals surface area contributed by atoms with Crippen molar-refractivity contribution in [2.75, 3.05) is 0 Å². The smallest absolute Gasteiger partial charge is 0.408 e. The molecule has 0 spiro atoms. The summed E-state index contributed by atoms with van der Waals surface area (Å²) < 4.78 is 30.7. The molecule has 25 heavy (non-hydrogen) atoms. The molecule has 0 aliphatic carbocycles. The fourth-order valence-corrected chi connectivity index (χ4v) is 2.61. The van der Waals surface area contributed by atoms with Gasteiger partial charge in [0.15, 0.2) is 6.10 Å². The Kier molecular flexibility index (Phi) is 6.08. The van der Waals surface area contributed by atoms with Crippen molar-refractivity contribution in [3.05, 3.63) is 34.4 Å². The molecule has 0 radical (unpaired) electrons. The maximum absolute atomic E-state index is 12.1. The van der Waals surface area contributed by atoms with E-state index < -0.39 is 38.6 Å². The van der Waals surface area contributed by atoms with Gasteiger partial charge in [0.05, 0.1) is 9.82 Å². The van der Waals surface area contributed by atoms with Gasteiger partial charge in [-0.05, 0) is 39.8 Å². The second-order valence-corrected chi connectivity index (χ2v) is 7.83. The summed E-state index contributed by atoms with van der Waals surface area (Å²) in [6, 6.07) is 3.97. The topological polar surface area (TPSA) is 145 Å². The van der Waals surface area contributed by atoms with Gasteiger partial charge in [0, 0.05) is 17.7 Å². The molecule has 0 heterocycles. The van der Waals surface area contributed by atoms with Gasteiger partial charge in [-0.2, -0.15) is 0 Å². The van der Waals surface area contributed by atoms with Crippen LogP contribution in [0.2, 0.25) is 0 Å². The Bertz CT molecular complexity index is 767. The first-order chi connectivity index (χ1) is 11.3. The third-order valence-corrected chi connectivity index (χ3v) is 4.09. The zero-order chi connectivity index (χ0) is 19.4. The molecule has 138 valence electrons. The molecule has 0 fully saturated rings. The van der Waals surface area contributed by atoms with E-state index in [0.29, 0.717) is 0 Å². The number of non-ortho nitro benzene ring substituents is 1. The molecule has 2 amide bonds. The van der Waals surface area contributed by atoms with E-state index in [1.165, 1.54) is 6.92 Å². The number of carbonyl (C=O) groups is 2. The third-order valence-electron chi connectivity index (χ3n) is 2.72. The largest absolute Gasteiger partial charge is 0.436 e. The van der Waals surface area contributed by atoms with Crippen LogP contribution < -0.4 is 10.0 Å². The Morgan fingerprint density at radius 3 is 2.16 bits per heavy atom. The van der Waals surface area contributed by atoms with E-state index in [1.54, 1.807) is 25.5 Å². The summed E-state index contributed by atoms with van der Waals surface area (Å²) in [5.41, 5.74) is -0.876. The number of nitrogens with zero attached hydrogens (tertiary/aromatic N) is 1. The van der Waals surface area contributed by atoms with Crippen LogP contribution in [0.25, 0.3) is 0 Å². The van der Waals surface area contributed by atoms with Crippen molar-refractivity contribution >= 4 is 27.7 Å². The summed E-state index contributed by atoms with van der Waals surface area (Å²) >= 11 is 0. The van der Waals surface area contributed by atoms with Crippen molar-refractivity contribution in [1.82, 2.24) is 10.0 Å². The van der Waals surface area contributed by atoms with Gasteiger partial charge in [-0.1, -0.05) is 0 Å². The van der Waals surface area contributed by atoms with Crippen molar-refractivity contribution in [3.8, 4) is 0 Å². The lowest BCUT2D eigenvalue weighted by Gasteiger charge is -2.21. The third kappa shape index (κ3) is 6.37. The monoisotopic (exact) mass is 373 g/mol. The molecule has 0 aromatic heterocycles. The predicted molar refractivity (Wildman–Crippen MR) is 87.3 cm³/mol. The fraction of sp³-hybridized carbons (Fsp3) is 0.429. The number of nitro benzene ring substituents is 1. The lowest BCUT2D eigenvalue weighted by molar-refractivity contribution is -0.384. The van der Waals surface area contributed by atoms with E-state index in [0.717, 1.165) is 24.3 Å². The van der Waals surface area contributed by atoms with E-state index in [2.05, 4.69) is 5.32 Å². The molecule has 1 rings (SSSR count). The quantitative estimate of drug-likeness (QED) is 0.584. The van der Waals surface area contributed by atoms with Crippen LogP contribution in [0.5, 0.6) is 0 Å². The molecule has 0 unspecified atom stereocenters. The van der Waals surface area contributed by atoms with Crippen LogP contribution in [-0.2, 0) is 19.6 Å². The highest BCUT2D eigenvalue weighted by molar-refractivity contribution is 7.90. The number of alkyl carbamates (subject to hydrolysis) is 1. The number of sulfonamides is 1. The van der Waals surface area contributed by atoms with Gasteiger partial charge < -0.3 is 10.1 Å². The molecular weight excluding hydrogens is 354 g/mol. The maximum atomic E-state index is 12.1. The number of ether oxygens (including phenoxy) is 1. The summed E-state index contributed by atoms with van der Waals surface area (Å²) in [5.74, 6) is -1.05. The lowest BCUT2D eigenvalue weighted by atomic mass is 10.1.